The second-order valence-corrected chi connectivity index (χ2v) is 6.23. The molecule has 108 valence electrons. The SMILES string of the molecule is CCN(CCCC(C)(C)CCN)c1cccc(C)c1. The first kappa shape index (κ1) is 16.0. The zero-order valence-corrected chi connectivity index (χ0v) is 13.1. The highest BCUT2D eigenvalue weighted by Gasteiger charge is 2.16. The van der Waals surface area contributed by atoms with Gasteiger partial charge in [0.15, 0.2) is 0 Å². The molecule has 0 aliphatic rings. The lowest BCUT2D eigenvalue weighted by Gasteiger charge is -2.28. The van der Waals surface area contributed by atoms with Crippen LogP contribution in [0.3, 0.4) is 0 Å². The summed E-state index contributed by atoms with van der Waals surface area (Å²) in [4.78, 5) is 2.46. The van der Waals surface area contributed by atoms with Crippen LogP contribution in [0.25, 0.3) is 0 Å². The maximum Gasteiger partial charge on any atom is 0.0368 e. The summed E-state index contributed by atoms with van der Waals surface area (Å²) in [6.07, 6.45) is 3.59. The van der Waals surface area contributed by atoms with Crippen LogP contribution in [0.4, 0.5) is 5.69 Å². The van der Waals surface area contributed by atoms with Gasteiger partial charge in [0, 0.05) is 18.8 Å². The number of nitrogens with zero attached hydrogens (tertiary/aromatic N) is 1. The zero-order chi connectivity index (χ0) is 14.3. The molecule has 0 fully saturated rings. The predicted octanol–water partition coefficient (Wildman–Crippen LogP) is 3.98. The zero-order valence-electron chi connectivity index (χ0n) is 13.1. The van der Waals surface area contributed by atoms with E-state index in [9.17, 15) is 0 Å². The van der Waals surface area contributed by atoms with Crippen LogP contribution >= 0.6 is 0 Å². The molecule has 1 aromatic rings. The fraction of sp³-hybridized carbons (Fsp3) is 0.647. The maximum atomic E-state index is 5.67. The molecule has 0 saturated carbocycles. The highest BCUT2D eigenvalue weighted by molar-refractivity contribution is 5.48. The molecule has 0 saturated heterocycles. The number of hydrogen-bond donors (Lipinski definition) is 1. The minimum absolute atomic E-state index is 0.376. The van der Waals surface area contributed by atoms with E-state index in [0.717, 1.165) is 26.1 Å². The fourth-order valence-electron chi connectivity index (χ4n) is 2.56. The molecule has 1 rings (SSSR count). The van der Waals surface area contributed by atoms with Gasteiger partial charge >= 0.3 is 0 Å². The Morgan fingerprint density at radius 1 is 1.21 bits per heavy atom. The molecule has 0 aromatic heterocycles. The second kappa shape index (κ2) is 7.54. The molecule has 2 nitrogen and oxygen atoms in total. The Bertz CT molecular complexity index is 371. The van der Waals surface area contributed by atoms with Gasteiger partial charge in [0.25, 0.3) is 0 Å². The number of aryl methyl sites for hydroxylation is 1. The lowest BCUT2D eigenvalue weighted by molar-refractivity contribution is 0.305. The first-order valence-electron chi connectivity index (χ1n) is 7.50. The maximum absolute atomic E-state index is 5.67. The van der Waals surface area contributed by atoms with Crippen molar-refractivity contribution in [1.29, 1.82) is 0 Å². The largest absolute Gasteiger partial charge is 0.372 e. The van der Waals surface area contributed by atoms with Crippen molar-refractivity contribution in [2.75, 3.05) is 24.5 Å². The van der Waals surface area contributed by atoms with Gasteiger partial charge in [0.2, 0.25) is 0 Å². The lowest BCUT2D eigenvalue weighted by Crippen LogP contribution is -2.26. The smallest absolute Gasteiger partial charge is 0.0368 e. The summed E-state index contributed by atoms with van der Waals surface area (Å²) in [6.45, 7) is 12.0. The Kier molecular flexibility index (Phi) is 6.36. The molecule has 0 amide bonds. The van der Waals surface area contributed by atoms with Crippen molar-refractivity contribution in [3.63, 3.8) is 0 Å². The number of anilines is 1. The highest BCUT2D eigenvalue weighted by Crippen LogP contribution is 2.26. The highest BCUT2D eigenvalue weighted by atomic mass is 15.1. The van der Waals surface area contributed by atoms with E-state index in [4.69, 9.17) is 5.73 Å². The minimum Gasteiger partial charge on any atom is -0.372 e. The molecule has 2 N–H and O–H groups in total. The molecular weight excluding hydrogens is 232 g/mol. The van der Waals surface area contributed by atoms with Gasteiger partial charge in [-0.1, -0.05) is 26.0 Å². The first-order chi connectivity index (χ1) is 8.98. The molecule has 0 heterocycles. The van der Waals surface area contributed by atoms with Crippen LogP contribution in [0.1, 0.15) is 45.6 Å². The molecule has 0 aliphatic carbocycles. The summed E-state index contributed by atoms with van der Waals surface area (Å²) in [5.41, 5.74) is 8.72. The van der Waals surface area contributed by atoms with Crippen LogP contribution in [-0.4, -0.2) is 19.6 Å². The van der Waals surface area contributed by atoms with Gasteiger partial charge in [0.1, 0.15) is 0 Å². The molecule has 0 spiro atoms. The second-order valence-electron chi connectivity index (χ2n) is 6.23. The normalized spacial score (nSPS) is 11.6. The van der Waals surface area contributed by atoms with Crippen molar-refractivity contribution in [1.82, 2.24) is 0 Å². The van der Waals surface area contributed by atoms with Gasteiger partial charge in [-0.15, -0.1) is 0 Å². The average Bonchev–Trinajstić information content (AvgIpc) is 2.34. The van der Waals surface area contributed by atoms with E-state index in [0.29, 0.717) is 5.41 Å². The predicted molar refractivity (Wildman–Crippen MR) is 85.8 cm³/mol. The Balaban J connectivity index is 2.50. The molecule has 0 atom stereocenters. The Morgan fingerprint density at radius 3 is 2.53 bits per heavy atom. The van der Waals surface area contributed by atoms with Crippen LogP contribution in [-0.2, 0) is 0 Å². The van der Waals surface area contributed by atoms with Crippen molar-refractivity contribution < 1.29 is 0 Å². The number of nitrogens with two attached hydrogens (primary N) is 1. The number of hydrogen-bond acceptors (Lipinski definition) is 2. The monoisotopic (exact) mass is 262 g/mol. The van der Waals surface area contributed by atoms with Crippen molar-refractivity contribution in [3.05, 3.63) is 29.8 Å². The molecule has 0 bridgehead atoms. The van der Waals surface area contributed by atoms with Gasteiger partial charge in [-0.3, -0.25) is 0 Å². The van der Waals surface area contributed by atoms with Gasteiger partial charge in [-0.25, -0.2) is 0 Å². The van der Waals surface area contributed by atoms with E-state index in [1.54, 1.807) is 0 Å². The van der Waals surface area contributed by atoms with Crippen LogP contribution in [0.2, 0.25) is 0 Å². The van der Waals surface area contributed by atoms with Crippen LogP contribution in [0.5, 0.6) is 0 Å². The standard InChI is InChI=1S/C17H30N2/c1-5-19(16-9-6-8-15(2)14-16)13-7-10-17(3,4)11-12-18/h6,8-9,14H,5,7,10-13,18H2,1-4H3. The Labute approximate surface area is 119 Å². The lowest BCUT2D eigenvalue weighted by atomic mass is 9.84. The molecule has 19 heavy (non-hydrogen) atoms. The van der Waals surface area contributed by atoms with Crippen molar-refractivity contribution in [3.8, 4) is 0 Å². The summed E-state index contributed by atoms with van der Waals surface area (Å²) < 4.78 is 0. The topological polar surface area (TPSA) is 29.3 Å². The quantitative estimate of drug-likeness (QED) is 0.768. The van der Waals surface area contributed by atoms with Crippen LogP contribution in [0.15, 0.2) is 24.3 Å². The fourth-order valence-corrected chi connectivity index (χ4v) is 2.56. The molecule has 0 radical (unpaired) electrons. The van der Waals surface area contributed by atoms with Gasteiger partial charge in [0.05, 0.1) is 0 Å². The summed E-state index contributed by atoms with van der Waals surface area (Å²) in [7, 11) is 0. The molecule has 2 heteroatoms. The van der Waals surface area contributed by atoms with E-state index in [2.05, 4.69) is 56.9 Å². The molecule has 0 aliphatic heterocycles. The van der Waals surface area contributed by atoms with Crippen LogP contribution < -0.4 is 10.6 Å². The Hall–Kier alpha value is -1.02. The number of rotatable bonds is 8. The van der Waals surface area contributed by atoms with E-state index >= 15 is 0 Å². The van der Waals surface area contributed by atoms with E-state index in [1.165, 1.54) is 24.1 Å². The van der Waals surface area contributed by atoms with Gasteiger partial charge in [-0.05, 0) is 62.8 Å². The summed E-state index contributed by atoms with van der Waals surface area (Å²) in [5, 5.41) is 0. The summed E-state index contributed by atoms with van der Waals surface area (Å²) in [6, 6.07) is 8.78. The first-order valence-corrected chi connectivity index (χ1v) is 7.50. The van der Waals surface area contributed by atoms with Crippen molar-refractivity contribution in [2.45, 2.75) is 47.0 Å². The number of benzene rings is 1. The molecular formula is C17H30N2. The van der Waals surface area contributed by atoms with E-state index in [-0.39, 0.29) is 0 Å². The van der Waals surface area contributed by atoms with Gasteiger partial charge < -0.3 is 10.6 Å². The summed E-state index contributed by atoms with van der Waals surface area (Å²) in [5.74, 6) is 0. The van der Waals surface area contributed by atoms with E-state index < -0.39 is 0 Å². The molecule has 1 aromatic carbocycles. The third kappa shape index (κ3) is 5.65. The molecule has 0 unspecified atom stereocenters. The van der Waals surface area contributed by atoms with Gasteiger partial charge in [-0.2, -0.15) is 0 Å². The van der Waals surface area contributed by atoms with Crippen molar-refractivity contribution >= 4 is 5.69 Å². The third-order valence-electron chi connectivity index (χ3n) is 3.85. The van der Waals surface area contributed by atoms with Crippen LogP contribution in [0, 0.1) is 12.3 Å². The van der Waals surface area contributed by atoms with E-state index in [1.807, 2.05) is 0 Å². The summed E-state index contributed by atoms with van der Waals surface area (Å²) >= 11 is 0. The third-order valence-corrected chi connectivity index (χ3v) is 3.85. The van der Waals surface area contributed by atoms with Crippen molar-refractivity contribution in [2.24, 2.45) is 11.1 Å². The average molecular weight is 262 g/mol. The minimum atomic E-state index is 0.376. The Morgan fingerprint density at radius 2 is 1.95 bits per heavy atom.